The number of benzene rings is 1. The maximum absolute atomic E-state index is 12.8. The van der Waals surface area contributed by atoms with Gasteiger partial charge in [-0.1, -0.05) is 26.0 Å². The Bertz CT molecular complexity index is 596. The first kappa shape index (κ1) is 14.5. The number of nitrogens with one attached hydrogen (secondary N) is 1. The summed E-state index contributed by atoms with van der Waals surface area (Å²) in [5, 5.41) is 3.04. The zero-order valence-corrected chi connectivity index (χ0v) is 13.2. The van der Waals surface area contributed by atoms with Crippen molar-refractivity contribution in [3.8, 4) is 0 Å². The van der Waals surface area contributed by atoms with Crippen molar-refractivity contribution in [3.05, 3.63) is 29.3 Å². The molecule has 0 bridgehead atoms. The van der Waals surface area contributed by atoms with Gasteiger partial charge < -0.3 is 15.8 Å². The van der Waals surface area contributed by atoms with Gasteiger partial charge in [-0.2, -0.15) is 0 Å². The zero-order chi connectivity index (χ0) is 15.4. The Labute approximate surface area is 126 Å². The van der Waals surface area contributed by atoms with Crippen molar-refractivity contribution in [1.29, 1.82) is 0 Å². The molecule has 1 aromatic carbocycles. The van der Waals surface area contributed by atoms with E-state index in [1.54, 1.807) is 0 Å². The van der Waals surface area contributed by atoms with E-state index in [1.165, 1.54) is 0 Å². The maximum Gasteiger partial charge on any atom is 0.245 e. The van der Waals surface area contributed by atoms with Crippen molar-refractivity contribution in [2.45, 2.75) is 45.8 Å². The highest BCUT2D eigenvalue weighted by molar-refractivity contribution is 6.00. The van der Waals surface area contributed by atoms with Crippen LogP contribution in [0.25, 0.3) is 0 Å². The fraction of sp³-hybridized carbons (Fsp3) is 0.588. The molecule has 2 aliphatic rings. The van der Waals surface area contributed by atoms with E-state index < -0.39 is 5.54 Å². The Morgan fingerprint density at radius 2 is 2.10 bits per heavy atom. The van der Waals surface area contributed by atoms with Crippen molar-refractivity contribution in [2.75, 3.05) is 11.9 Å². The number of hydrogen-bond donors (Lipinski definition) is 2. The normalized spacial score (nSPS) is 33.2. The molecule has 3 N–H and O–H groups in total. The second-order valence-corrected chi connectivity index (χ2v) is 7.05. The molecule has 0 spiro atoms. The Balaban J connectivity index is 1.87. The van der Waals surface area contributed by atoms with Gasteiger partial charge in [0.25, 0.3) is 0 Å². The minimum Gasteiger partial charge on any atom is -0.377 e. The quantitative estimate of drug-likeness (QED) is 0.878. The average Bonchev–Trinajstić information content (AvgIpc) is 2.90. The van der Waals surface area contributed by atoms with Crippen LogP contribution in [0.5, 0.6) is 0 Å². The first-order valence-corrected chi connectivity index (χ1v) is 7.57. The van der Waals surface area contributed by atoms with Crippen LogP contribution in [-0.4, -0.2) is 24.2 Å². The number of anilines is 1. The van der Waals surface area contributed by atoms with Crippen LogP contribution in [0.2, 0.25) is 0 Å². The molecule has 3 rings (SSSR count). The molecule has 1 saturated carbocycles. The lowest BCUT2D eigenvalue weighted by atomic mass is 9.48. The highest BCUT2D eigenvalue weighted by Crippen LogP contribution is 2.58. The topological polar surface area (TPSA) is 64.4 Å². The second kappa shape index (κ2) is 4.55. The van der Waals surface area contributed by atoms with Gasteiger partial charge in [0.05, 0.1) is 6.10 Å². The van der Waals surface area contributed by atoms with Gasteiger partial charge in [-0.25, -0.2) is 0 Å². The molecular weight excluding hydrogens is 264 g/mol. The first-order valence-electron chi connectivity index (χ1n) is 7.57. The predicted molar refractivity (Wildman–Crippen MR) is 83.1 cm³/mol. The fourth-order valence-corrected chi connectivity index (χ4v) is 3.94. The van der Waals surface area contributed by atoms with E-state index >= 15 is 0 Å². The molecule has 1 amide bonds. The third kappa shape index (κ3) is 1.86. The van der Waals surface area contributed by atoms with Gasteiger partial charge in [-0.3, -0.25) is 4.79 Å². The number of amides is 1. The van der Waals surface area contributed by atoms with Crippen LogP contribution >= 0.6 is 0 Å². The molecule has 0 aromatic heterocycles. The van der Waals surface area contributed by atoms with Gasteiger partial charge in [0.1, 0.15) is 5.54 Å². The monoisotopic (exact) mass is 288 g/mol. The van der Waals surface area contributed by atoms with E-state index in [9.17, 15) is 4.79 Å². The van der Waals surface area contributed by atoms with E-state index in [0.717, 1.165) is 23.2 Å². The Morgan fingerprint density at radius 1 is 1.38 bits per heavy atom. The zero-order valence-electron chi connectivity index (χ0n) is 13.2. The summed E-state index contributed by atoms with van der Waals surface area (Å²) in [7, 11) is 0. The summed E-state index contributed by atoms with van der Waals surface area (Å²) in [6.45, 7) is 8.77. The number of hydrogen-bond acceptors (Lipinski definition) is 3. The number of ether oxygens (including phenoxy) is 1. The van der Waals surface area contributed by atoms with Gasteiger partial charge >= 0.3 is 0 Å². The number of fused-ring (bicyclic) bond motifs is 1. The molecular formula is C17H24N2O2. The number of nitrogens with two attached hydrogens (primary N) is 1. The molecule has 1 aliphatic heterocycles. The van der Waals surface area contributed by atoms with E-state index in [2.05, 4.69) is 5.32 Å². The smallest absolute Gasteiger partial charge is 0.245 e. The molecule has 0 radical (unpaired) electrons. The summed E-state index contributed by atoms with van der Waals surface area (Å²) in [6, 6.07) is 6.05. The van der Waals surface area contributed by atoms with Crippen LogP contribution in [0.1, 0.15) is 31.4 Å². The standard InChI is InChI=1S/C17H24N2O2/c1-10-5-6-11(2)13(9-10)19-15(20)17(18)12-7-8-21-14(12)16(17,3)4/h5-6,9,12,14H,7-8,18H2,1-4H3,(H,19,20). The fourth-order valence-electron chi connectivity index (χ4n) is 3.94. The first-order chi connectivity index (χ1) is 9.78. The minimum atomic E-state index is -0.857. The summed E-state index contributed by atoms with van der Waals surface area (Å²) in [5.41, 5.74) is 8.38. The molecule has 1 saturated heterocycles. The van der Waals surface area contributed by atoms with Crippen molar-refractivity contribution in [2.24, 2.45) is 17.1 Å². The SMILES string of the molecule is Cc1ccc(C)c(NC(=O)C2(N)C3CCOC3C2(C)C)c1. The maximum atomic E-state index is 12.8. The van der Waals surface area contributed by atoms with Crippen LogP contribution < -0.4 is 11.1 Å². The van der Waals surface area contributed by atoms with Crippen LogP contribution in [0, 0.1) is 25.2 Å². The molecule has 1 heterocycles. The van der Waals surface area contributed by atoms with E-state index in [0.29, 0.717) is 6.61 Å². The predicted octanol–water partition coefficient (Wildman–Crippen LogP) is 2.38. The number of carbonyl (C=O) groups excluding carboxylic acids is 1. The van der Waals surface area contributed by atoms with Gasteiger partial charge in [0.15, 0.2) is 0 Å². The highest BCUT2D eigenvalue weighted by Gasteiger charge is 2.71. The Morgan fingerprint density at radius 3 is 2.81 bits per heavy atom. The third-order valence-corrected chi connectivity index (χ3v) is 5.47. The molecule has 4 nitrogen and oxygen atoms in total. The lowest BCUT2D eigenvalue weighted by Crippen LogP contribution is -2.79. The van der Waals surface area contributed by atoms with Gasteiger partial charge in [-0.05, 0) is 37.5 Å². The molecule has 2 fully saturated rings. The number of carbonyl (C=O) groups is 1. The van der Waals surface area contributed by atoms with Crippen LogP contribution in [0.15, 0.2) is 18.2 Å². The summed E-state index contributed by atoms with van der Waals surface area (Å²) in [5.74, 6) is 0.0329. The summed E-state index contributed by atoms with van der Waals surface area (Å²) in [6.07, 6.45) is 0.969. The van der Waals surface area contributed by atoms with Gasteiger partial charge in [-0.15, -0.1) is 0 Å². The van der Waals surface area contributed by atoms with Gasteiger partial charge in [0, 0.05) is 23.6 Å². The third-order valence-electron chi connectivity index (χ3n) is 5.47. The molecule has 114 valence electrons. The summed E-state index contributed by atoms with van der Waals surface area (Å²) < 4.78 is 5.75. The average molecular weight is 288 g/mol. The summed E-state index contributed by atoms with van der Waals surface area (Å²) >= 11 is 0. The molecule has 3 unspecified atom stereocenters. The number of rotatable bonds is 2. The number of aryl methyl sites for hydroxylation is 2. The second-order valence-electron chi connectivity index (χ2n) is 7.05. The van der Waals surface area contributed by atoms with Crippen LogP contribution in [0.3, 0.4) is 0 Å². The molecule has 3 atom stereocenters. The molecule has 4 heteroatoms. The summed E-state index contributed by atoms with van der Waals surface area (Å²) in [4.78, 5) is 12.8. The van der Waals surface area contributed by atoms with Crippen molar-refractivity contribution >= 4 is 11.6 Å². The van der Waals surface area contributed by atoms with Crippen molar-refractivity contribution in [3.63, 3.8) is 0 Å². The van der Waals surface area contributed by atoms with Crippen LogP contribution in [0.4, 0.5) is 5.69 Å². The highest BCUT2D eigenvalue weighted by atomic mass is 16.5. The molecule has 1 aliphatic carbocycles. The van der Waals surface area contributed by atoms with Crippen molar-refractivity contribution < 1.29 is 9.53 Å². The van der Waals surface area contributed by atoms with Gasteiger partial charge in [0.2, 0.25) is 5.91 Å². The van der Waals surface area contributed by atoms with E-state index in [1.807, 2.05) is 45.9 Å². The van der Waals surface area contributed by atoms with E-state index in [-0.39, 0.29) is 23.3 Å². The van der Waals surface area contributed by atoms with Crippen LogP contribution in [-0.2, 0) is 9.53 Å². The Hall–Kier alpha value is -1.39. The lowest BCUT2D eigenvalue weighted by molar-refractivity contribution is -0.170. The minimum absolute atomic E-state index is 0.0899. The lowest BCUT2D eigenvalue weighted by Gasteiger charge is -2.60. The molecule has 21 heavy (non-hydrogen) atoms. The van der Waals surface area contributed by atoms with E-state index in [4.69, 9.17) is 10.5 Å². The molecule has 1 aromatic rings. The largest absolute Gasteiger partial charge is 0.377 e. The van der Waals surface area contributed by atoms with Crippen molar-refractivity contribution in [1.82, 2.24) is 0 Å². The Kier molecular flexibility index (Phi) is 3.15.